The fourth-order valence-corrected chi connectivity index (χ4v) is 0.904. The molecule has 0 spiro atoms. The largest absolute Gasteiger partial charge is 0.349 e. The van der Waals surface area contributed by atoms with E-state index < -0.39 is 0 Å². The first-order chi connectivity index (χ1) is 6.36. The average Bonchev–Trinajstić information content (AvgIpc) is 2.37. The third-order valence-electron chi connectivity index (χ3n) is 1.62. The smallest absolute Gasteiger partial charge is 0.239 e. The lowest BCUT2D eigenvalue weighted by atomic mass is 10.4. The van der Waals surface area contributed by atoms with Crippen LogP contribution in [0.1, 0.15) is 19.8 Å². The Morgan fingerprint density at radius 3 is 1.64 bits per heavy atom. The van der Waals surface area contributed by atoms with Crippen LogP contribution in [-0.4, -0.2) is 40.6 Å². The van der Waals surface area contributed by atoms with Crippen molar-refractivity contribution in [1.29, 1.82) is 0 Å². The van der Waals surface area contributed by atoms with E-state index in [0.717, 1.165) is 3.93 Å². The lowest BCUT2D eigenvalue weighted by molar-refractivity contribution is -0.131. The number of hydrogen-bond donors (Lipinski definition) is 0. The molecule has 3 amide bonds. The van der Waals surface area contributed by atoms with Gasteiger partial charge in [-0.1, -0.05) is 0 Å². The van der Waals surface area contributed by atoms with Gasteiger partial charge in [-0.3, -0.25) is 14.4 Å². The Balaban J connectivity index is 0.000000255. The van der Waals surface area contributed by atoms with Crippen LogP contribution in [0, 0.1) is 0 Å². The number of carbonyl (C=O) groups is 3. The number of imide groups is 1. The summed E-state index contributed by atoms with van der Waals surface area (Å²) >= 11 is 2.80. The quantitative estimate of drug-likeness (QED) is 0.474. The Labute approximate surface area is 91.4 Å². The van der Waals surface area contributed by atoms with Crippen molar-refractivity contribution >= 4 is 33.9 Å². The summed E-state index contributed by atoms with van der Waals surface area (Å²) in [6.07, 6.45) is 0.703. The molecule has 0 atom stereocenters. The lowest BCUT2D eigenvalue weighted by Crippen LogP contribution is -2.17. The fourth-order valence-electron chi connectivity index (χ4n) is 0.549. The van der Waals surface area contributed by atoms with Crippen molar-refractivity contribution in [2.75, 3.05) is 14.1 Å². The molecular formula is C8H13BrN2O3. The van der Waals surface area contributed by atoms with Gasteiger partial charge in [-0.25, -0.2) is 3.93 Å². The number of hydrogen-bond acceptors (Lipinski definition) is 3. The van der Waals surface area contributed by atoms with Crippen molar-refractivity contribution in [3.05, 3.63) is 0 Å². The highest BCUT2D eigenvalue weighted by Gasteiger charge is 2.26. The van der Waals surface area contributed by atoms with E-state index >= 15 is 0 Å². The lowest BCUT2D eigenvalue weighted by Gasteiger charge is -2.02. The van der Waals surface area contributed by atoms with Crippen LogP contribution in [0.4, 0.5) is 0 Å². The van der Waals surface area contributed by atoms with Crippen LogP contribution in [0.25, 0.3) is 0 Å². The van der Waals surface area contributed by atoms with Gasteiger partial charge in [0.05, 0.1) is 16.1 Å². The molecule has 6 heteroatoms. The second-order valence-electron chi connectivity index (χ2n) is 2.98. The number of carbonyl (C=O) groups excluding carboxylic acids is 3. The van der Waals surface area contributed by atoms with Crippen molar-refractivity contribution in [2.24, 2.45) is 0 Å². The Morgan fingerprint density at radius 2 is 1.57 bits per heavy atom. The van der Waals surface area contributed by atoms with Crippen LogP contribution in [-0.2, 0) is 14.4 Å². The first kappa shape index (κ1) is 13.1. The summed E-state index contributed by atoms with van der Waals surface area (Å²) in [6, 6.07) is 0. The maximum atomic E-state index is 10.4. The van der Waals surface area contributed by atoms with Crippen molar-refractivity contribution in [2.45, 2.75) is 19.8 Å². The minimum atomic E-state index is -0.144. The van der Waals surface area contributed by atoms with Crippen LogP contribution in [0.15, 0.2) is 0 Å². The molecule has 1 heterocycles. The van der Waals surface area contributed by atoms with Gasteiger partial charge in [0.15, 0.2) is 0 Å². The Kier molecular flexibility index (Phi) is 5.37. The maximum absolute atomic E-state index is 10.4. The van der Waals surface area contributed by atoms with Gasteiger partial charge in [0.25, 0.3) is 0 Å². The van der Waals surface area contributed by atoms with Gasteiger partial charge in [-0.15, -0.1) is 0 Å². The molecule has 14 heavy (non-hydrogen) atoms. The molecule has 1 aliphatic heterocycles. The molecule has 0 saturated carbocycles. The number of rotatable bonds is 0. The number of nitrogens with zero attached hydrogens (tertiary/aromatic N) is 2. The monoisotopic (exact) mass is 264 g/mol. The van der Waals surface area contributed by atoms with Gasteiger partial charge < -0.3 is 4.90 Å². The standard InChI is InChI=1S/C4H4BrNO2.C4H9NO/c5-6-3(7)1-2-4(6)8;1-4(6)5(2)3/h1-2H2;1-3H3. The van der Waals surface area contributed by atoms with Crippen molar-refractivity contribution < 1.29 is 14.4 Å². The zero-order valence-electron chi connectivity index (χ0n) is 8.41. The molecule has 1 rings (SSSR count). The molecule has 0 aromatic carbocycles. The SMILES string of the molecule is CC(=O)N(C)C.O=C1CCC(=O)N1Br. The van der Waals surface area contributed by atoms with Gasteiger partial charge >= 0.3 is 0 Å². The van der Waals surface area contributed by atoms with Crippen LogP contribution >= 0.6 is 16.1 Å². The fraction of sp³-hybridized carbons (Fsp3) is 0.625. The minimum absolute atomic E-state index is 0.0926. The first-order valence-corrected chi connectivity index (χ1v) is 4.76. The highest BCUT2D eigenvalue weighted by Crippen LogP contribution is 2.14. The molecular weight excluding hydrogens is 252 g/mol. The molecule has 1 saturated heterocycles. The van der Waals surface area contributed by atoms with Gasteiger partial charge in [0.1, 0.15) is 0 Å². The van der Waals surface area contributed by atoms with Crippen molar-refractivity contribution in [3.63, 3.8) is 0 Å². The normalized spacial score (nSPS) is 15.0. The molecule has 5 nitrogen and oxygen atoms in total. The summed E-state index contributed by atoms with van der Waals surface area (Å²) in [7, 11) is 3.45. The van der Waals surface area contributed by atoms with E-state index in [4.69, 9.17) is 0 Å². The molecule has 1 fully saturated rings. The third kappa shape index (κ3) is 4.36. The maximum Gasteiger partial charge on any atom is 0.239 e. The highest BCUT2D eigenvalue weighted by atomic mass is 79.9. The van der Waals surface area contributed by atoms with Gasteiger partial charge in [0, 0.05) is 33.9 Å². The van der Waals surface area contributed by atoms with E-state index in [2.05, 4.69) is 16.1 Å². The van der Waals surface area contributed by atoms with E-state index in [1.54, 1.807) is 14.1 Å². The second-order valence-corrected chi connectivity index (χ2v) is 3.69. The van der Waals surface area contributed by atoms with Crippen LogP contribution < -0.4 is 0 Å². The van der Waals surface area contributed by atoms with E-state index in [1.165, 1.54) is 11.8 Å². The first-order valence-electron chi connectivity index (χ1n) is 4.05. The molecule has 0 aromatic rings. The van der Waals surface area contributed by atoms with E-state index in [-0.39, 0.29) is 17.7 Å². The van der Waals surface area contributed by atoms with Crippen molar-refractivity contribution in [1.82, 2.24) is 8.83 Å². The van der Waals surface area contributed by atoms with Crippen LogP contribution in [0.5, 0.6) is 0 Å². The minimum Gasteiger partial charge on any atom is -0.349 e. The molecule has 0 N–H and O–H groups in total. The van der Waals surface area contributed by atoms with E-state index in [9.17, 15) is 14.4 Å². The molecule has 0 aliphatic carbocycles. The van der Waals surface area contributed by atoms with Gasteiger partial charge in [-0.05, 0) is 0 Å². The second kappa shape index (κ2) is 5.74. The molecule has 0 unspecified atom stereocenters. The number of halogens is 1. The molecule has 80 valence electrons. The highest BCUT2D eigenvalue weighted by molar-refractivity contribution is 9.08. The van der Waals surface area contributed by atoms with E-state index in [0.29, 0.717) is 12.8 Å². The zero-order chi connectivity index (χ0) is 11.3. The summed E-state index contributed by atoms with van der Waals surface area (Å²) < 4.78 is 0.979. The summed E-state index contributed by atoms with van der Waals surface area (Å²) in [5.41, 5.74) is 0. The summed E-state index contributed by atoms with van der Waals surface area (Å²) in [6.45, 7) is 1.53. The summed E-state index contributed by atoms with van der Waals surface area (Å²) in [4.78, 5) is 32.5. The summed E-state index contributed by atoms with van der Waals surface area (Å²) in [5, 5.41) is 0. The number of amides is 3. The predicted molar refractivity (Wildman–Crippen MR) is 54.4 cm³/mol. The van der Waals surface area contributed by atoms with Crippen LogP contribution in [0.3, 0.4) is 0 Å². The molecule has 0 aromatic heterocycles. The van der Waals surface area contributed by atoms with Gasteiger partial charge in [0.2, 0.25) is 17.7 Å². The zero-order valence-corrected chi connectivity index (χ0v) is 10.00. The Bertz CT molecular complexity index is 237. The van der Waals surface area contributed by atoms with Crippen LogP contribution in [0.2, 0.25) is 0 Å². The summed E-state index contributed by atoms with van der Waals surface area (Å²) in [5.74, 6) is -0.194. The average molecular weight is 265 g/mol. The Hall–Kier alpha value is -0.910. The topological polar surface area (TPSA) is 57.7 Å². The van der Waals surface area contributed by atoms with E-state index in [1.807, 2.05) is 0 Å². The molecule has 0 radical (unpaired) electrons. The Morgan fingerprint density at radius 1 is 1.29 bits per heavy atom. The molecule has 0 bridgehead atoms. The molecule has 1 aliphatic rings. The van der Waals surface area contributed by atoms with Gasteiger partial charge in [-0.2, -0.15) is 0 Å². The predicted octanol–water partition coefficient (Wildman–Crippen LogP) is 0.540. The van der Waals surface area contributed by atoms with Crippen molar-refractivity contribution in [3.8, 4) is 0 Å². The third-order valence-corrected chi connectivity index (χ3v) is 2.41.